The number of carbonyl (C=O) groups excluding carboxylic acids is 1. The smallest absolute Gasteiger partial charge is 0.210 e. The topological polar surface area (TPSA) is 121 Å². The van der Waals surface area contributed by atoms with Crippen LogP contribution in [-0.2, 0) is 12.8 Å². The van der Waals surface area contributed by atoms with Crippen LogP contribution in [0.1, 0.15) is 28.0 Å². The van der Waals surface area contributed by atoms with Crippen molar-refractivity contribution >= 4 is 17.5 Å². The number of ketones is 1. The molecule has 0 aliphatic heterocycles. The zero-order chi connectivity index (χ0) is 19.7. The number of rotatable bonds is 7. The van der Waals surface area contributed by atoms with Crippen LogP contribution < -0.4 is 15.3 Å². The van der Waals surface area contributed by atoms with E-state index in [4.69, 9.17) is 15.3 Å². The molecule has 146 valence electrons. The zero-order valence-electron chi connectivity index (χ0n) is 15.6. The largest absolute Gasteiger partial charge is 0.497 e. The van der Waals surface area contributed by atoms with E-state index in [1.807, 2.05) is 0 Å². The number of nitrogens with zero attached hydrogens (tertiary/aromatic N) is 4. The molecule has 0 bridgehead atoms. The van der Waals surface area contributed by atoms with E-state index in [0.717, 1.165) is 36.2 Å². The fourth-order valence-electron chi connectivity index (χ4n) is 3.28. The fourth-order valence-corrected chi connectivity index (χ4v) is 4.02. The molecule has 0 unspecified atom stereocenters. The van der Waals surface area contributed by atoms with Crippen molar-refractivity contribution < 1.29 is 14.3 Å². The second-order valence-corrected chi connectivity index (χ2v) is 7.28. The molecular formula is C18H20N6O3S. The standard InChI is InChI=1S/C18H20N6O3S/c1-26-10-6-7-15(27-2)12(8-10)14(25)9-28-18-23-22-17(24(18)19)16-11-4-3-5-13(11)20-21-16/h6-8H,3-5,9,19H2,1-2H3,(H,20,21). The van der Waals surface area contributed by atoms with E-state index in [9.17, 15) is 4.79 Å². The van der Waals surface area contributed by atoms with Crippen molar-refractivity contribution in [2.45, 2.75) is 24.4 Å². The first-order valence-corrected chi connectivity index (χ1v) is 9.76. The molecule has 0 radical (unpaired) electrons. The van der Waals surface area contributed by atoms with Crippen LogP contribution in [0.15, 0.2) is 23.4 Å². The second-order valence-electron chi connectivity index (χ2n) is 6.34. The van der Waals surface area contributed by atoms with Crippen molar-refractivity contribution in [2.24, 2.45) is 0 Å². The number of carbonyl (C=O) groups is 1. The SMILES string of the molecule is COc1ccc(OC)c(C(=O)CSc2nnc(-c3n[nH]c4c3CCC4)n2N)c1. The van der Waals surface area contributed by atoms with Gasteiger partial charge in [0.25, 0.3) is 0 Å². The van der Waals surface area contributed by atoms with Gasteiger partial charge in [0.05, 0.1) is 25.5 Å². The number of benzene rings is 1. The quantitative estimate of drug-likeness (QED) is 0.350. The number of nitrogen functional groups attached to an aromatic ring is 1. The number of nitrogens with one attached hydrogen (secondary N) is 1. The molecule has 0 saturated heterocycles. The average molecular weight is 400 g/mol. The summed E-state index contributed by atoms with van der Waals surface area (Å²) in [4.78, 5) is 12.7. The Bertz CT molecular complexity index is 1030. The van der Waals surface area contributed by atoms with Crippen molar-refractivity contribution in [1.82, 2.24) is 25.1 Å². The highest BCUT2D eigenvalue weighted by molar-refractivity contribution is 7.99. The number of ether oxygens (including phenoxy) is 2. The maximum Gasteiger partial charge on any atom is 0.210 e. The summed E-state index contributed by atoms with van der Waals surface area (Å²) in [6, 6.07) is 5.11. The summed E-state index contributed by atoms with van der Waals surface area (Å²) in [5, 5.41) is 16.1. The van der Waals surface area contributed by atoms with Gasteiger partial charge in [-0.25, -0.2) is 4.68 Å². The van der Waals surface area contributed by atoms with E-state index in [1.54, 1.807) is 25.3 Å². The Morgan fingerprint density at radius 1 is 1.29 bits per heavy atom. The van der Waals surface area contributed by atoms with E-state index in [-0.39, 0.29) is 11.5 Å². The number of fused-ring (bicyclic) bond motifs is 1. The van der Waals surface area contributed by atoms with Gasteiger partial charge in [-0.1, -0.05) is 11.8 Å². The Hall–Kier alpha value is -3.01. The van der Waals surface area contributed by atoms with Crippen LogP contribution in [0.2, 0.25) is 0 Å². The van der Waals surface area contributed by atoms with E-state index in [0.29, 0.717) is 28.0 Å². The van der Waals surface area contributed by atoms with E-state index < -0.39 is 0 Å². The predicted octanol–water partition coefficient (Wildman–Crippen LogP) is 1.86. The lowest BCUT2D eigenvalue weighted by Gasteiger charge is -2.09. The molecule has 0 spiro atoms. The van der Waals surface area contributed by atoms with Gasteiger partial charge in [0, 0.05) is 11.3 Å². The van der Waals surface area contributed by atoms with Gasteiger partial charge in [-0.05, 0) is 37.5 Å². The van der Waals surface area contributed by atoms with E-state index in [2.05, 4.69) is 20.4 Å². The zero-order valence-corrected chi connectivity index (χ0v) is 16.4. The summed E-state index contributed by atoms with van der Waals surface area (Å²) >= 11 is 1.21. The molecule has 1 aliphatic carbocycles. The second kappa shape index (κ2) is 7.55. The maximum absolute atomic E-state index is 12.7. The van der Waals surface area contributed by atoms with Gasteiger partial charge < -0.3 is 15.3 Å². The molecule has 0 saturated carbocycles. The van der Waals surface area contributed by atoms with Gasteiger partial charge in [-0.3, -0.25) is 9.89 Å². The van der Waals surface area contributed by atoms with Crippen LogP contribution in [0.5, 0.6) is 11.5 Å². The highest BCUT2D eigenvalue weighted by atomic mass is 32.2. The summed E-state index contributed by atoms with van der Waals surface area (Å²) in [5.74, 6) is 7.77. The van der Waals surface area contributed by atoms with Gasteiger partial charge in [-0.2, -0.15) is 5.10 Å². The van der Waals surface area contributed by atoms with Crippen LogP contribution in [0.4, 0.5) is 0 Å². The first-order valence-electron chi connectivity index (χ1n) is 8.77. The van der Waals surface area contributed by atoms with Crippen LogP contribution >= 0.6 is 11.8 Å². The molecule has 2 heterocycles. The average Bonchev–Trinajstić information content (AvgIpc) is 3.42. The number of aryl methyl sites for hydroxylation is 1. The molecule has 4 rings (SSSR count). The van der Waals surface area contributed by atoms with Gasteiger partial charge in [0.15, 0.2) is 5.78 Å². The molecular weight excluding hydrogens is 380 g/mol. The minimum Gasteiger partial charge on any atom is -0.497 e. The van der Waals surface area contributed by atoms with Gasteiger partial charge in [-0.15, -0.1) is 10.2 Å². The number of methoxy groups -OCH3 is 2. The third kappa shape index (κ3) is 3.19. The molecule has 2 aromatic heterocycles. The van der Waals surface area contributed by atoms with Crippen molar-refractivity contribution in [1.29, 1.82) is 0 Å². The lowest BCUT2D eigenvalue weighted by Crippen LogP contribution is -2.13. The van der Waals surface area contributed by atoms with E-state index >= 15 is 0 Å². The third-order valence-corrected chi connectivity index (χ3v) is 5.67. The van der Waals surface area contributed by atoms with Crippen molar-refractivity contribution in [3.63, 3.8) is 0 Å². The maximum atomic E-state index is 12.7. The Balaban J connectivity index is 1.52. The van der Waals surface area contributed by atoms with Gasteiger partial charge in [0.2, 0.25) is 11.0 Å². The molecule has 0 atom stereocenters. The molecule has 3 aromatic rings. The Morgan fingerprint density at radius 3 is 2.93 bits per heavy atom. The minimum absolute atomic E-state index is 0.119. The number of nitrogens with two attached hydrogens (primary N) is 1. The number of Topliss-reactive ketones (excluding diaryl/α,β-unsaturated/α-hetero) is 1. The number of thioether (sulfide) groups is 1. The predicted molar refractivity (Wildman–Crippen MR) is 104 cm³/mol. The lowest BCUT2D eigenvalue weighted by molar-refractivity contribution is 0.101. The molecule has 0 amide bonds. The first-order chi connectivity index (χ1) is 13.6. The molecule has 1 aromatic carbocycles. The number of aromatic nitrogens is 5. The van der Waals surface area contributed by atoms with E-state index in [1.165, 1.54) is 23.5 Å². The summed E-state index contributed by atoms with van der Waals surface area (Å²) in [6.07, 6.45) is 3.03. The summed E-state index contributed by atoms with van der Waals surface area (Å²) < 4.78 is 11.9. The monoisotopic (exact) mass is 400 g/mol. The van der Waals surface area contributed by atoms with Gasteiger partial charge in [0.1, 0.15) is 17.2 Å². The number of hydrogen-bond acceptors (Lipinski definition) is 8. The number of aromatic amines is 1. The third-order valence-electron chi connectivity index (χ3n) is 4.72. The van der Waals surface area contributed by atoms with Crippen LogP contribution in [0, 0.1) is 0 Å². The molecule has 3 N–H and O–H groups in total. The Kier molecular flexibility index (Phi) is 4.95. The Labute approximate surface area is 165 Å². The van der Waals surface area contributed by atoms with Crippen molar-refractivity contribution in [2.75, 3.05) is 25.8 Å². The highest BCUT2D eigenvalue weighted by Crippen LogP contribution is 2.31. The molecule has 9 nitrogen and oxygen atoms in total. The summed E-state index contributed by atoms with van der Waals surface area (Å²) in [7, 11) is 3.08. The van der Waals surface area contributed by atoms with Crippen LogP contribution in [0.25, 0.3) is 11.5 Å². The minimum atomic E-state index is -0.119. The van der Waals surface area contributed by atoms with Crippen LogP contribution in [-0.4, -0.2) is 50.8 Å². The normalized spacial score (nSPS) is 12.8. The number of H-pyrrole nitrogens is 1. The summed E-state index contributed by atoms with van der Waals surface area (Å²) in [5.41, 5.74) is 3.46. The van der Waals surface area contributed by atoms with Gasteiger partial charge >= 0.3 is 0 Å². The van der Waals surface area contributed by atoms with Crippen molar-refractivity contribution in [3.05, 3.63) is 35.0 Å². The fraction of sp³-hybridized carbons (Fsp3) is 0.333. The first kappa shape index (κ1) is 18.4. The summed E-state index contributed by atoms with van der Waals surface area (Å²) in [6.45, 7) is 0. The highest BCUT2D eigenvalue weighted by Gasteiger charge is 2.24. The molecule has 10 heteroatoms. The molecule has 0 fully saturated rings. The lowest BCUT2D eigenvalue weighted by atomic mass is 10.1. The number of hydrogen-bond donors (Lipinski definition) is 2. The van der Waals surface area contributed by atoms with Crippen molar-refractivity contribution in [3.8, 4) is 23.0 Å². The molecule has 1 aliphatic rings. The van der Waals surface area contributed by atoms with Crippen LogP contribution in [0.3, 0.4) is 0 Å². The molecule has 28 heavy (non-hydrogen) atoms. The Morgan fingerprint density at radius 2 is 2.14 bits per heavy atom.